The van der Waals surface area contributed by atoms with Gasteiger partial charge in [-0.15, -0.1) is 0 Å². The van der Waals surface area contributed by atoms with Crippen molar-refractivity contribution in [2.45, 2.75) is 44.6 Å². The average Bonchev–Trinajstić information content (AvgIpc) is 2.64. The Balaban J connectivity index is 1.58. The maximum absolute atomic E-state index is 12.6. The van der Waals surface area contributed by atoms with Crippen molar-refractivity contribution in [3.05, 3.63) is 59.8 Å². The van der Waals surface area contributed by atoms with Crippen molar-refractivity contribution in [3.8, 4) is 0 Å². The van der Waals surface area contributed by atoms with Gasteiger partial charge in [0.15, 0.2) is 0 Å². The molecular weight excluding hydrogens is 298 g/mol. The molecule has 24 heavy (non-hydrogen) atoms. The smallest absolute Gasteiger partial charge is 0.255 e. The third kappa shape index (κ3) is 4.57. The number of anilines is 1. The lowest BCUT2D eigenvalue weighted by molar-refractivity contribution is 0.0928. The highest BCUT2D eigenvalue weighted by Crippen LogP contribution is 2.19. The van der Waals surface area contributed by atoms with Gasteiger partial charge in [0, 0.05) is 18.8 Å². The average molecular weight is 323 g/mol. The quantitative estimate of drug-likeness (QED) is 0.850. The van der Waals surface area contributed by atoms with Gasteiger partial charge in [0.05, 0.1) is 5.56 Å². The van der Waals surface area contributed by atoms with Crippen LogP contribution in [0.2, 0.25) is 0 Å². The van der Waals surface area contributed by atoms with Gasteiger partial charge in [0.1, 0.15) is 5.82 Å². The minimum atomic E-state index is -0.0165. The largest absolute Gasteiger partial charge is 0.369 e. The van der Waals surface area contributed by atoms with E-state index in [2.05, 4.69) is 27.8 Å². The van der Waals surface area contributed by atoms with E-state index >= 15 is 0 Å². The van der Waals surface area contributed by atoms with Crippen molar-refractivity contribution in [1.29, 1.82) is 0 Å². The summed E-state index contributed by atoms with van der Waals surface area (Å²) in [5.74, 6) is 0.652. The van der Waals surface area contributed by atoms with Crippen LogP contribution in [0.15, 0.2) is 48.7 Å². The molecule has 0 bridgehead atoms. The lowest BCUT2D eigenvalue weighted by atomic mass is 9.95. The van der Waals surface area contributed by atoms with Crippen molar-refractivity contribution in [2.24, 2.45) is 0 Å². The molecule has 0 unspecified atom stereocenters. The Morgan fingerprint density at radius 3 is 2.62 bits per heavy atom. The van der Waals surface area contributed by atoms with Crippen LogP contribution in [0.1, 0.15) is 48.0 Å². The van der Waals surface area contributed by atoms with E-state index in [4.69, 9.17) is 0 Å². The Labute approximate surface area is 143 Å². The number of aromatic nitrogens is 1. The van der Waals surface area contributed by atoms with Gasteiger partial charge in [-0.3, -0.25) is 4.79 Å². The van der Waals surface area contributed by atoms with E-state index in [-0.39, 0.29) is 5.91 Å². The molecule has 1 aromatic carbocycles. The molecule has 4 nitrogen and oxygen atoms in total. The Morgan fingerprint density at radius 1 is 1.04 bits per heavy atom. The second-order valence-corrected chi connectivity index (χ2v) is 6.37. The molecule has 3 rings (SSSR count). The van der Waals surface area contributed by atoms with E-state index in [0.29, 0.717) is 17.4 Å². The van der Waals surface area contributed by atoms with Crippen LogP contribution in [0, 0.1) is 0 Å². The number of nitrogens with one attached hydrogen (secondary N) is 2. The zero-order valence-electron chi connectivity index (χ0n) is 14.0. The van der Waals surface area contributed by atoms with Gasteiger partial charge in [-0.2, -0.15) is 0 Å². The van der Waals surface area contributed by atoms with Crippen LogP contribution in [0.25, 0.3) is 0 Å². The first-order valence-corrected chi connectivity index (χ1v) is 8.86. The van der Waals surface area contributed by atoms with Crippen molar-refractivity contribution >= 4 is 11.7 Å². The molecule has 2 aromatic rings. The van der Waals surface area contributed by atoms with Crippen LogP contribution in [0.3, 0.4) is 0 Å². The molecular formula is C20H25N3O. The molecule has 0 spiro atoms. The van der Waals surface area contributed by atoms with Gasteiger partial charge in [0.2, 0.25) is 0 Å². The van der Waals surface area contributed by atoms with E-state index in [1.165, 1.54) is 24.8 Å². The first kappa shape index (κ1) is 16.5. The third-order valence-electron chi connectivity index (χ3n) is 4.54. The fourth-order valence-electron chi connectivity index (χ4n) is 3.21. The summed E-state index contributed by atoms with van der Waals surface area (Å²) in [5, 5.41) is 6.47. The van der Waals surface area contributed by atoms with Crippen molar-refractivity contribution in [3.63, 3.8) is 0 Å². The Kier molecular flexibility index (Phi) is 5.83. The van der Waals surface area contributed by atoms with Gasteiger partial charge < -0.3 is 10.6 Å². The first-order chi connectivity index (χ1) is 11.8. The molecule has 4 heteroatoms. The molecule has 1 heterocycles. The van der Waals surface area contributed by atoms with E-state index in [0.717, 1.165) is 25.8 Å². The SMILES string of the molecule is O=C(NC1CCCCC1)c1cccnc1NCCc1ccccc1. The number of amides is 1. The van der Waals surface area contributed by atoms with Crippen LogP contribution in [0.5, 0.6) is 0 Å². The fourth-order valence-corrected chi connectivity index (χ4v) is 3.21. The highest BCUT2D eigenvalue weighted by molar-refractivity contribution is 5.98. The highest BCUT2D eigenvalue weighted by Gasteiger charge is 2.18. The number of pyridine rings is 1. The minimum Gasteiger partial charge on any atom is -0.369 e. The summed E-state index contributed by atoms with van der Waals surface area (Å²) in [7, 11) is 0. The zero-order valence-corrected chi connectivity index (χ0v) is 14.0. The fraction of sp³-hybridized carbons (Fsp3) is 0.400. The maximum atomic E-state index is 12.6. The predicted octanol–water partition coefficient (Wildman–Crippen LogP) is 3.80. The molecule has 1 saturated carbocycles. The second-order valence-electron chi connectivity index (χ2n) is 6.37. The summed E-state index contributed by atoms with van der Waals surface area (Å²) in [6.07, 6.45) is 8.50. The Hall–Kier alpha value is -2.36. The van der Waals surface area contributed by atoms with Crippen LogP contribution < -0.4 is 10.6 Å². The molecule has 0 atom stereocenters. The van der Waals surface area contributed by atoms with Crippen LogP contribution >= 0.6 is 0 Å². The number of benzene rings is 1. The highest BCUT2D eigenvalue weighted by atomic mass is 16.1. The van der Waals surface area contributed by atoms with E-state index < -0.39 is 0 Å². The number of carbonyl (C=O) groups excluding carboxylic acids is 1. The molecule has 1 amide bonds. The summed E-state index contributed by atoms with van der Waals surface area (Å²) in [5.41, 5.74) is 1.91. The number of hydrogen-bond acceptors (Lipinski definition) is 3. The zero-order chi connectivity index (χ0) is 16.6. The van der Waals surface area contributed by atoms with E-state index in [1.807, 2.05) is 30.3 Å². The third-order valence-corrected chi connectivity index (χ3v) is 4.54. The lowest BCUT2D eigenvalue weighted by Crippen LogP contribution is -2.36. The predicted molar refractivity (Wildman–Crippen MR) is 97.2 cm³/mol. The molecule has 126 valence electrons. The minimum absolute atomic E-state index is 0.0165. The molecule has 1 fully saturated rings. The number of carbonyl (C=O) groups is 1. The van der Waals surface area contributed by atoms with E-state index in [9.17, 15) is 4.79 Å². The van der Waals surface area contributed by atoms with Gasteiger partial charge in [-0.05, 0) is 37.0 Å². The monoisotopic (exact) mass is 323 g/mol. The van der Waals surface area contributed by atoms with Gasteiger partial charge >= 0.3 is 0 Å². The van der Waals surface area contributed by atoms with Crippen molar-refractivity contribution in [2.75, 3.05) is 11.9 Å². The van der Waals surface area contributed by atoms with Gasteiger partial charge in [-0.1, -0.05) is 49.6 Å². The molecule has 1 aliphatic carbocycles. The molecule has 1 aromatic heterocycles. The normalized spacial score (nSPS) is 15.0. The topological polar surface area (TPSA) is 54.0 Å². The molecule has 2 N–H and O–H groups in total. The molecule has 0 aliphatic heterocycles. The Morgan fingerprint density at radius 2 is 1.83 bits per heavy atom. The summed E-state index contributed by atoms with van der Waals surface area (Å²) in [4.78, 5) is 16.9. The molecule has 0 saturated heterocycles. The number of rotatable bonds is 6. The second kappa shape index (κ2) is 8.48. The van der Waals surface area contributed by atoms with Crippen LogP contribution in [-0.2, 0) is 6.42 Å². The Bertz CT molecular complexity index is 651. The first-order valence-electron chi connectivity index (χ1n) is 8.86. The molecule has 1 aliphatic rings. The van der Waals surface area contributed by atoms with Crippen molar-refractivity contribution < 1.29 is 4.79 Å². The van der Waals surface area contributed by atoms with Gasteiger partial charge in [-0.25, -0.2) is 4.98 Å². The number of hydrogen-bond donors (Lipinski definition) is 2. The van der Waals surface area contributed by atoms with Crippen LogP contribution in [0.4, 0.5) is 5.82 Å². The summed E-state index contributed by atoms with van der Waals surface area (Å²) >= 11 is 0. The summed E-state index contributed by atoms with van der Waals surface area (Å²) < 4.78 is 0. The molecule has 0 radical (unpaired) electrons. The summed E-state index contributed by atoms with van der Waals surface area (Å²) in [6, 6.07) is 14.3. The van der Waals surface area contributed by atoms with Crippen molar-refractivity contribution in [1.82, 2.24) is 10.3 Å². The maximum Gasteiger partial charge on any atom is 0.255 e. The van der Waals surface area contributed by atoms with E-state index in [1.54, 1.807) is 6.20 Å². The lowest BCUT2D eigenvalue weighted by Gasteiger charge is -2.23. The van der Waals surface area contributed by atoms with Crippen LogP contribution in [-0.4, -0.2) is 23.5 Å². The summed E-state index contributed by atoms with van der Waals surface area (Å²) in [6.45, 7) is 0.755. The van der Waals surface area contributed by atoms with Gasteiger partial charge in [0.25, 0.3) is 5.91 Å². The standard InChI is InChI=1S/C20H25N3O/c24-20(23-17-10-5-2-6-11-17)18-12-7-14-21-19(18)22-15-13-16-8-3-1-4-9-16/h1,3-4,7-9,12,14,17H,2,5-6,10-11,13,15H2,(H,21,22)(H,23,24). The number of nitrogens with zero attached hydrogens (tertiary/aromatic N) is 1.